The van der Waals surface area contributed by atoms with E-state index in [4.69, 9.17) is 18.9 Å². The Balaban J connectivity index is 1.40. The van der Waals surface area contributed by atoms with Gasteiger partial charge in [-0.15, -0.1) is 0 Å². The summed E-state index contributed by atoms with van der Waals surface area (Å²) >= 11 is 0. The van der Waals surface area contributed by atoms with Crippen LogP contribution in [0.4, 0.5) is 5.69 Å². The van der Waals surface area contributed by atoms with Gasteiger partial charge in [0.2, 0.25) is 0 Å². The summed E-state index contributed by atoms with van der Waals surface area (Å²) in [6.45, 7) is 4.90. The molecule has 7 heteroatoms. The molecular formula is C23H32N2O5. The number of β-amino-alcohol motifs (C(OH)–C–C–N with tert-alkyl or cyclic N) is 1. The van der Waals surface area contributed by atoms with Crippen molar-refractivity contribution in [2.75, 3.05) is 65.6 Å². The zero-order chi connectivity index (χ0) is 21.3. The van der Waals surface area contributed by atoms with Crippen LogP contribution in [-0.2, 0) is 11.3 Å². The van der Waals surface area contributed by atoms with Crippen LogP contribution in [0.5, 0.6) is 17.2 Å². The van der Waals surface area contributed by atoms with Crippen LogP contribution >= 0.6 is 0 Å². The van der Waals surface area contributed by atoms with Crippen LogP contribution in [0.2, 0.25) is 0 Å². The Bertz CT molecular complexity index is 793. The molecule has 1 aliphatic rings. The molecule has 2 aromatic rings. The topological polar surface area (TPSA) is 63.6 Å². The standard InChI is InChI=1S/C23H32N2O5/c1-27-21-7-5-4-6-20(21)25-12-10-24(11-13-25)15-19(26)17-30-16-18-8-9-22(28-2)23(14-18)29-3/h4-9,14,19,26H,10-13,15-17H2,1-3H3/t19-/m0/s1. The van der Waals surface area contributed by atoms with Crippen molar-refractivity contribution in [3.05, 3.63) is 48.0 Å². The Morgan fingerprint density at radius 2 is 1.57 bits per heavy atom. The van der Waals surface area contributed by atoms with E-state index in [1.165, 1.54) is 0 Å². The largest absolute Gasteiger partial charge is 0.495 e. The number of methoxy groups -OCH3 is 3. The van der Waals surface area contributed by atoms with Crippen molar-refractivity contribution in [3.63, 3.8) is 0 Å². The highest BCUT2D eigenvalue weighted by molar-refractivity contribution is 5.58. The molecule has 1 heterocycles. The summed E-state index contributed by atoms with van der Waals surface area (Å²) < 4.78 is 21.7. The third-order valence-corrected chi connectivity index (χ3v) is 5.29. The number of para-hydroxylation sites is 2. The number of benzene rings is 2. The van der Waals surface area contributed by atoms with Crippen LogP contribution in [0, 0.1) is 0 Å². The van der Waals surface area contributed by atoms with Gasteiger partial charge < -0.3 is 29.0 Å². The van der Waals surface area contributed by atoms with Gasteiger partial charge >= 0.3 is 0 Å². The summed E-state index contributed by atoms with van der Waals surface area (Å²) in [5, 5.41) is 10.4. The van der Waals surface area contributed by atoms with Gasteiger partial charge in [-0.05, 0) is 29.8 Å². The number of piperazine rings is 1. The lowest BCUT2D eigenvalue weighted by molar-refractivity contribution is 0.00908. The molecule has 2 aromatic carbocycles. The molecule has 1 N–H and O–H groups in total. The van der Waals surface area contributed by atoms with Crippen molar-refractivity contribution in [3.8, 4) is 17.2 Å². The van der Waals surface area contributed by atoms with E-state index in [0.29, 0.717) is 31.3 Å². The molecule has 1 saturated heterocycles. The minimum Gasteiger partial charge on any atom is -0.495 e. The van der Waals surface area contributed by atoms with Gasteiger partial charge in [0.05, 0.1) is 46.3 Å². The molecule has 0 bridgehead atoms. The lowest BCUT2D eigenvalue weighted by Gasteiger charge is -2.37. The van der Waals surface area contributed by atoms with E-state index < -0.39 is 6.10 Å². The molecule has 1 aliphatic heterocycles. The molecular weight excluding hydrogens is 384 g/mol. The monoisotopic (exact) mass is 416 g/mol. The zero-order valence-electron chi connectivity index (χ0n) is 18.0. The zero-order valence-corrected chi connectivity index (χ0v) is 18.0. The van der Waals surface area contributed by atoms with Crippen LogP contribution in [0.25, 0.3) is 0 Å². The molecule has 0 aromatic heterocycles. The van der Waals surface area contributed by atoms with Crippen LogP contribution < -0.4 is 19.1 Å². The first-order valence-electron chi connectivity index (χ1n) is 10.2. The molecule has 0 aliphatic carbocycles. The van der Waals surface area contributed by atoms with E-state index in [-0.39, 0.29) is 0 Å². The molecule has 0 radical (unpaired) electrons. The quantitative estimate of drug-likeness (QED) is 0.638. The SMILES string of the molecule is COc1ccc(COC[C@@H](O)CN2CCN(c3ccccc3OC)CC2)cc1OC. The second kappa shape index (κ2) is 11.1. The van der Waals surface area contributed by atoms with E-state index in [1.54, 1.807) is 21.3 Å². The molecule has 164 valence electrons. The second-order valence-electron chi connectivity index (χ2n) is 7.32. The Labute approximate surface area is 178 Å². The highest BCUT2D eigenvalue weighted by atomic mass is 16.5. The first-order chi connectivity index (χ1) is 14.6. The molecule has 1 atom stereocenters. The van der Waals surface area contributed by atoms with E-state index in [2.05, 4.69) is 15.9 Å². The number of hydrogen-bond acceptors (Lipinski definition) is 7. The molecule has 3 rings (SSSR count). The number of nitrogens with zero attached hydrogens (tertiary/aromatic N) is 2. The Kier molecular flexibility index (Phi) is 8.19. The normalized spacial score (nSPS) is 15.7. The van der Waals surface area contributed by atoms with Crippen molar-refractivity contribution in [2.24, 2.45) is 0 Å². The fraction of sp³-hybridized carbons (Fsp3) is 0.478. The summed E-state index contributed by atoms with van der Waals surface area (Å²) in [7, 11) is 4.92. The summed E-state index contributed by atoms with van der Waals surface area (Å²) in [6.07, 6.45) is -0.525. The highest BCUT2D eigenvalue weighted by Gasteiger charge is 2.21. The predicted molar refractivity (Wildman–Crippen MR) is 117 cm³/mol. The first kappa shape index (κ1) is 22.2. The fourth-order valence-corrected chi connectivity index (χ4v) is 3.70. The number of anilines is 1. The minimum atomic E-state index is -0.525. The van der Waals surface area contributed by atoms with Crippen molar-refractivity contribution in [1.82, 2.24) is 4.90 Å². The van der Waals surface area contributed by atoms with Crippen LogP contribution in [-0.4, -0.2) is 76.8 Å². The summed E-state index contributed by atoms with van der Waals surface area (Å²) in [5.41, 5.74) is 2.10. The highest BCUT2D eigenvalue weighted by Crippen LogP contribution is 2.29. The van der Waals surface area contributed by atoms with Gasteiger partial charge in [0.25, 0.3) is 0 Å². The summed E-state index contributed by atoms with van der Waals surface area (Å²) in [5.74, 6) is 2.26. The van der Waals surface area contributed by atoms with Gasteiger partial charge in [0.1, 0.15) is 5.75 Å². The van der Waals surface area contributed by atoms with Gasteiger partial charge in [0, 0.05) is 32.7 Å². The summed E-state index contributed by atoms with van der Waals surface area (Å²) in [6, 6.07) is 13.8. The van der Waals surface area contributed by atoms with E-state index in [9.17, 15) is 5.11 Å². The average molecular weight is 417 g/mol. The second-order valence-corrected chi connectivity index (χ2v) is 7.32. The van der Waals surface area contributed by atoms with Crippen molar-refractivity contribution in [1.29, 1.82) is 0 Å². The van der Waals surface area contributed by atoms with E-state index >= 15 is 0 Å². The maximum atomic E-state index is 10.4. The van der Waals surface area contributed by atoms with Crippen LogP contribution in [0.1, 0.15) is 5.56 Å². The van der Waals surface area contributed by atoms with Crippen molar-refractivity contribution >= 4 is 5.69 Å². The number of aliphatic hydroxyl groups excluding tert-OH is 1. The molecule has 0 saturated carbocycles. The lowest BCUT2D eigenvalue weighted by atomic mass is 10.2. The van der Waals surface area contributed by atoms with Gasteiger partial charge in [-0.1, -0.05) is 18.2 Å². The molecule has 1 fully saturated rings. The third-order valence-electron chi connectivity index (χ3n) is 5.29. The van der Waals surface area contributed by atoms with Gasteiger partial charge in [-0.3, -0.25) is 4.90 Å². The smallest absolute Gasteiger partial charge is 0.161 e. The van der Waals surface area contributed by atoms with Gasteiger partial charge in [-0.2, -0.15) is 0 Å². The molecule has 30 heavy (non-hydrogen) atoms. The predicted octanol–water partition coefficient (Wildman–Crippen LogP) is 2.41. The van der Waals surface area contributed by atoms with Crippen molar-refractivity contribution in [2.45, 2.75) is 12.7 Å². The van der Waals surface area contributed by atoms with Crippen LogP contribution in [0.3, 0.4) is 0 Å². The first-order valence-corrected chi connectivity index (χ1v) is 10.2. The summed E-state index contributed by atoms with van der Waals surface area (Å²) in [4.78, 5) is 4.60. The van der Waals surface area contributed by atoms with E-state index in [1.807, 2.05) is 36.4 Å². The minimum absolute atomic E-state index is 0.293. The maximum absolute atomic E-state index is 10.4. The molecule has 0 unspecified atom stereocenters. The Morgan fingerprint density at radius 3 is 2.27 bits per heavy atom. The van der Waals surface area contributed by atoms with Crippen molar-refractivity contribution < 1.29 is 24.1 Å². The van der Waals surface area contributed by atoms with Gasteiger partial charge in [-0.25, -0.2) is 0 Å². The average Bonchev–Trinajstić information content (AvgIpc) is 2.79. The third kappa shape index (κ3) is 5.78. The molecule has 0 spiro atoms. The molecule has 0 amide bonds. The van der Waals surface area contributed by atoms with Crippen LogP contribution in [0.15, 0.2) is 42.5 Å². The number of ether oxygens (including phenoxy) is 4. The van der Waals surface area contributed by atoms with Gasteiger partial charge in [0.15, 0.2) is 11.5 Å². The molecule has 7 nitrogen and oxygen atoms in total. The number of hydrogen-bond donors (Lipinski definition) is 1. The maximum Gasteiger partial charge on any atom is 0.161 e. The number of aliphatic hydroxyl groups is 1. The van der Waals surface area contributed by atoms with E-state index in [0.717, 1.165) is 43.2 Å². The lowest BCUT2D eigenvalue weighted by Crippen LogP contribution is -2.49. The Hall–Kier alpha value is -2.48. The number of rotatable bonds is 10. The Morgan fingerprint density at radius 1 is 0.867 bits per heavy atom. The fourth-order valence-electron chi connectivity index (χ4n) is 3.70.